The summed E-state index contributed by atoms with van der Waals surface area (Å²) in [5, 5.41) is 0. The molecule has 4 heteroatoms. The minimum absolute atomic E-state index is 0.812. The van der Waals surface area contributed by atoms with Crippen molar-refractivity contribution in [2.24, 2.45) is 5.92 Å². The molecule has 0 amide bonds. The van der Waals surface area contributed by atoms with Crippen molar-refractivity contribution in [3.63, 3.8) is 0 Å². The highest BCUT2D eigenvalue weighted by Crippen LogP contribution is 2.29. The Hall–Kier alpha value is -1.16. The van der Waals surface area contributed by atoms with Crippen LogP contribution in [0.25, 0.3) is 11.0 Å². The SMILES string of the molecule is CCC1CCCN(c2ccnc3cc(Br)cnc23)C1. The number of rotatable bonds is 2. The van der Waals surface area contributed by atoms with E-state index in [-0.39, 0.29) is 0 Å². The van der Waals surface area contributed by atoms with Gasteiger partial charge in [-0.05, 0) is 46.8 Å². The summed E-state index contributed by atoms with van der Waals surface area (Å²) in [7, 11) is 0. The Morgan fingerprint density at radius 2 is 2.32 bits per heavy atom. The fraction of sp³-hybridized carbons (Fsp3) is 0.467. The molecule has 0 spiro atoms. The minimum atomic E-state index is 0.812. The molecule has 100 valence electrons. The van der Waals surface area contributed by atoms with Gasteiger partial charge in [-0.3, -0.25) is 9.97 Å². The third-order valence-corrected chi connectivity index (χ3v) is 4.39. The van der Waals surface area contributed by atoms with Crippen LogP contribution >= 0.6 is 15.9 Å². The van der Waals surface area contributed by atoms with Gasteiger partial charge in [0.15, 0.2) is 0 Å². The van der Waals surface area contributed by atoms with Crippen molar-refractivity contribution in [3.8, 4) is 0 Å². The fourth-order valence-electron chi connectivity index (χ4n) is 2.86. The second-order valence-corrected chi connectivity index (χ2v) is 6.13. The minimum Gasteiger partial charge on any atom is -0.369 e. The number of anilines is 1. The molecule has 0 saturated carbocycles. The first-order valence-corrected chi connectivity index (χ1v) is 7.72. The molecule has 19 heavy (non-hydrogen) atoms. The lowest BCUT2D eigenvalue weighted by Gasteiger charge is -2.34. The number of piperidine rings is 1. The van der Waals surface area contributed by atoms with Gasteiger partial charge in [0, 0.05) is 30.0 Å². The zero-order chi connectivity index (χ0) is 13.2. The molecule has 3 nitrogen and oxygen atoms in total. The third-order valence-electron chi connectivity index (χ3n) is 3.96. The zero-order valence-electron chi connectivity index (χ0n) is 11.1. The summed E-state index contributed by atoms with van der Waals surface area (Å²) in [6.45, 7) is 4.56. The van der Waals surface area contributed by atoms with E-state index in [2.05, 4.69) is 43.8 Å². The molecule has 1 aliphatic rings. The summed E-state index contributed by atoms with van der Waals surface area (Å²) in [5.74, 6) is 0.812. The predicted octanol–water partition coefficient (Wildman–Crippen LogP) is 4.02. The van der Waals surface area contributed by atoms with Crippen molar-refractivity contribution >= 4 is 32.7 Å². The highest BCUT2D eigenvalue weighted by molar-refractivity contribution is 9.10. The Bertz CT molecular complexity index is 585. The van der Waals surface area contributed by atoms with Crippen LogP contribution in [0.5, 0.6) is 0 Å². The molecule has 1 fully saturated rings. The van der Waals surface area contributed by atoms with E-state index in [0.717, 1.165) is 34.5 Å². The maximum atomic E-state index is 4.56. The summed E-state index contributed by atoms with van der Waals surface area (Å²) >= 11 is 3.46. The molecule has 2 aromatic rings. The van der Waals surface area contributed by atoms with Crippen LogP contribution in [-0.2, 0) is 0 Å². The van der Waals surface area contributed by atoms with Crippen molar-refractivity contribution in [1.29, 1.82) is 0 Å². The van der Waals surface area contributed by atoms with Crippen LogP contribution in [0.1, 0.15) is 26.2 Å². The van der Waals surface area contributed by atoms with E-state index in [0.29, 0.717) is 0 Å². The standard InChI is InChI=1S/C15H18BrN3/c1-2-11-4-3-7-19(10-11)14-5-6-17-13-8-12(16)9-18-15(13)14/h5-6,8-9,11H,2-4,7,10H2,1H3. The van der Waals surface area contributed by atoms with E-state index in [1.165, 1.54) is 24.9 Å². The van der Waals surface area contributed by atoms with Gasteiger partial charge in [-0.25, -0.2) is 0 Å². The van der Waals surface area contributed by atoms with Crippen molar-refractivity contribution in [2.45, 2.75) is 26.2 Å². The van der Waals surface area contributed by atoms with E-state index in [1.54, 1.807) is 0 Å². The first-order valence-electron chi connectivity index (χ1n) is 6.93. The van der Waals surface area contributed by atoms with Crippen LogP contribution in [0.3, 0.4) is 0 Å². The number of halogens is 1. The second-order valence-electron chi connectivity index (χ2n) is 5.21. The molecule has 1 aliphatic heterocycles. The van der Waals surface area contributed by atoms with Gasteiger partial charge >= 0.3 is 0 Å². The average Bonchev–Trinajstić information content (AvgIpc) is 2.46. The molecular formula is C15H18BrN3. The Balaban J connectivity index is 2.00. The van der Waals surface area contributed by atoms with Crippen LogP contribution in [0.15, 0.2) is 29.0 Å². The highest BCUT2D eigenvalue weighted by atomic mass is 79.9. The quantitative estimate of drug-likeness (QED) is 0.837. The summed E-state index contributed by atoms with van der Waals surface area (Å²) in [4.78, 5) is 11.4. The Morgan fingerprint density at radius 3 is 3.16 bits per heavy atom. The van der Waals surface area contributed by atoms with Gasteiger partial charge in [0.2, 0.25) is 0 Å². The molecule has 3 heterocycles. The van der Waals surface area contributed by atoms with Crippen LogP contribution in [0.2, 0.25) is 0 Å². The van der Waals surface area contributed by atoms with Gasteiger partial charge < -0.3 is 4.90 Å². The predicted molar refractivity (Wildman–Crippen MR) is 82.5 cm³/mol. The Labute approximate surface area is 122 Å². The average molecular weight is 320 g/mol. The number of hydrogen-bond donors (Lipinski definition) is 0. The van der Waals surface area contributed by atoms with E-state index in [4.69, 9.17) is 0 Å². The number of hydrogen-bond acceptors (Lipinski definition) is 3. The first-order chi connectivity index (χ1) is 9.28. The molecule has 0 aromatic carbocycles. The maximum absolute atomic E-state index is 4.56. The summed E-state index contributed by atoms with van der Waals surface area (Å²) in [6, 6.07) is 4.13. The maximum Gasteiger partial charge on any atom is 0.112 e. The van der Waals surface area contributed by atoms with E-state index in [1.807, 2.05) is 18.5 Å². The van der Waals surface area contributed by atoms with Crippen LogP contribution in [0.4, 0.5) is 5.69 Å². The van der Waals surface area contributed by atoms with Gasteiger partial charge in [-0.2, -0.15) is 0 Å². The van der Waals surface area contributed by atoms with Gasteiger partial charge in [-0.15, -0.1) is 0 Å². The molecule has 2 aromatic heterocycles. The molecule has 1 atom stereocenters. The fourth-order valence-corrected chi connectivity index (χ4v) is 3.18. The number of fused-ring (bicyclic) bond motifs is 1. The van der Waals surface area contributed by atoms with Crippen LogP contribution in [0, 0.1) is 5.92 Å². The monoisotopic (exact) mass is 319 g/mol. The summed E-state index contributed by atoms with van der Waals surface area (Å²) in [5.41, 5.74) is 3.21. The normalized spacial score (nSPS) is 19.9. The number of pyridine rings is 2. The molecule has 3 rings (SSSR count). The Morgan fingerprint density at radius 1 is 1.42 bits per heavy atom. The molecule has 1 unspecified atom stereocenters. The highest BCUT2D eigenvalue weighted by Gasteiger charge is 2.20. The van der Waals surface area contributed by atoms with Gasteiger partial charge in [0.1, 0.15) is 5.52 Å². The van der Waals surface area contributed by atoms with Crippen LogP contribution in [-0.4, -0.2) is 23.1 Å². The second kappa shape index (κ2) is 5.45. The number of aromatic nitrogens is 2. The van der Waals surface area contributed by atoms with Crippen molar-refractivity contribution in [2.75, 3.05) is 18.0 Å². The molecule has 0 radical (unpaired) electrons. The van der Waals surface area contributed by atoms with Crippen molar-refractivity contribution in [3.05, 3.63) is 29.0 Å². The van der Waals surface area contributed by atoms with E-state index < -0.39 is 0 Å². The molecular weight excluding hydrogens is 302 g/mol. The largest absolute Gasteiger partial charge is 0.369 e. The molecule has 0 N–H and O–H groups in total. The van der Waals surface area contributed by atoms with Gasteiger partial charge in [0.25, 0.3) is 0 Å². The van der Waals surface area contributed by atoms with Crippen molar-refractivity contribution in [1.82, 2.24) is 9.97 Å². The first kappa shape index (κ1) is 12.9. The molecule has 1 saturated heterocycles. The van der Waals surface area contributed by atoms with Gasteiger partial charge in [0.05, 0.1) is 11.2 Å². The van der Waals surface area contributed by atoms with E-state index in [9.17, 15) is 0 Å². The van der Waals surface area contributed by atoms with Crippen LogP contribution < -0.4 is 4.90 Å². The summed E-state index contributed by atoms with van der Waals surface area (Å²) < 4.78 is 0.981. The lowest BCUT2D eigenvalue weighted by atomic mass is 9.95. The number of nitrogens with zero attached hydrogens (tertiary/aromatic N) is 3. The van der Waals surface area contributed by atoms with E-state index >= 15 is 0 Å². The third kappa shape index (κ3) is 2.59. The zero-order valence-corrected chi connectivity index (χ0v) is 12.7. The molecule has 0 aliphatic carbocycles. The topological polar surface area (TPSA) is 29.0 Å². The van der Waals surface area contributed by atoms with Gasteiger partial charge in [-0.1, -0.05) is 13.3 Å². The Kier molecular flexibility index (Phi) is 3.69. The smallest absolute Gasteiger partial charge is 0.112 e. The summed E-state index contributed by atoms with van der Waals surface area (Å²) in [6.07, 6.45) is 7.64. The lowest BCUT2D eigenvalue weighted by Crippen LogP contribution is -2.35. The van der Waals surface area contributed by atoms with Crippen molar-refractivity contribution < 1.29 is 0 Å². The lowest BCUT2D eigenvalue weighted by molar-refractivity contribution is 0.405. The molecule has 0 bridgehead atoms.